The second kappa shape index (κ2) is 15.1. The number of nitrogens with zero attached hydrogens (tertiary/aromatic N) is 1. The first-order chi connectivity index (χ1) is 20.7. The summed E-state index contributed by atoms with van der Waals surface area (Å²) in [5.41, 5.74) is 5.80. The molecule has 0 aromatic heterocycles. The van der Waals surface area contributed by atoms with E-state index in [2.05, 4.69) is 30.8 Å². The Morgan fingerprint density at radius 2 is 1.72 bits per heavy atom. The summed E-state index contributed by atoms with van der Waals surface area (Å²) >= 11 is 0. The van der Waals surface area contributed by atoms with Gasteiger partial charge in [0.15, 0.2) is 12.4 Å². The molecule has 8 nitrogen and oxygen atoms in total. The van der Waals surface area contributed by atoms with Gasteiger partial charge in [-0.25, -0.2) is 0 Å². The van der Waals surface area contributed by atoms with Crippen LogP contribution in [0, 0.1) is 5.92 Å². The summed E-state index contributed by atoms with van der Waals surface area (Å²) in [5.74, 6) is -0.735. The molecule has 1 heterocycles. The molecular formula is C35H42N2O6. The molecule has 1 aliphatic heterocycles. The molecule has 1 aliphatic rings. The summed E-state index contributed by atoms with van der Waals surface area (Å²) in [6, 6.07) is 24.0. The Morgan fingerprint density at radius 3 is 2.37 bits per heavy atom. The average Bonchev–Trinajstić information content (AvgIpc) is 3.01. The third-order valence-corrected chi connectivity index (χ3v) is 7.68. The van der Waals surface area contributed by atoms with Crippen molar-refractivity contribution in [1.82, 2.24) is 10.2 Å². The minimum absolute atomic E-state index is 0.00124. The number of esters is 1. The van der Waals surface area contributed by atoms with Gasteiger partial charge in [0.1, 0.15) is 0 Å². The summed E-state index contributed by atoms with van der Waals surface area (Å²) in [4.78, 5) is 25.6. The van der Waals surface area contributed by atoms with Gasteiger partial charge in [-0.05, 0) is 47.9 Å². The molecule has 3 aromatic rings. The van der Waals surface area contributed by atoms with Crippen LogP contribution < -0.4 is 5.32 Å². The number of aliphatic hydroxyl groups is 1. The van der Waals surface area contributed by atoms with Crippen LogP contribution in [0.2, 0.25) is 0 Å². The fourth-order valence-electron chi connectivity index (χ4n) is 5.26. The van der Waals surface area contributed by atoms with E-state index in [1.807, 2.05) is 78.9 Å². The fourth-order valence-corrected chi connectivity index (χ4v) is 5.26. The number of hydrogen-bond acceptors (Lipinski definition) is 7. The number of aliphatic hydroxyl groups excluding tert-OH is 1. The van der Waals surface area contributed by atoms with E-state index < -0.39 is 18.4 Å². The van der Waals surface area contributed by atoms with Gasteiger partial charge in [0.25, 0.3) is 5.91 Å². The van der Waals surface area contributed by atoms with Gasteiger partial charge in [-0.1, -0.05) is 79.7 Å². The topological polar surface area (TPSA) is 97.3 Å². The second-order valence-electron chi connectivity index (χ2n) is 11.1. The summed E-state index contributed by atoms with van der Waals surface area (Å²) < 4.78 is 18.1. The molecule has 0 spiro atoms. The summed E-state index contributed by atoms with van der Waals surface area (Å²) in [7, 11) is 2.06. The van der Waals surface area contributed by atoms with E-state index in [4.69, 9.17) is 14.2 Å². The molecule has 0 radical (unpaired) electrons. The Hall–Kier alpha value is -3.82. The number of carbonyl (C=O) groups excluding carboxylic acids is 2. The van der Waals surface area contributed by atoms with E-state index in [0.717, 1.165) is 46.5 Å². The molecule has 1 fully saturated rings. The number of benzene rings is 3. The van der Waals surface area contributed by atoms with Crippen molar-refractivity contribution in [2.75, 3.05) is 20.1 Å². The van der Waals surface area contributed by atoms with Crippen molar-refractivity contribution < 1.29 is 28.9 Å². The fraction of sp³-hybridized carbons (Fsp3) is 0.371. The van der Waals surface area contributed by atoms with Crippen molar-refractivity contribution in [2.45, 2.75) is 58.5 Å². The third kappa shape index (κ3) is 8.61. The van der Waals surface area contributed by atoms with Crippen LogP contribution in [0.15, 0.2) is 85.5 Å². The average molecular weight is 587 g/mol. The molecule has 0 aliphatic carbocycles. The smallest absolute Gasteiger partial charge is 0.303 e. The van der Waals surface area contributed by atoms with Crippen molar-refractivity contribution >= 4 is 11.9 Å². The number of carbonyl (C=O) groups is 2. The van der Waals surface area contributed by atoms with Crippen LogP contribution in [0.4, 0.5) is 0 Å². The monoisotopic (exact) mass is 586 g/mol. The second-order valence-corrected chi connectivity index (χ2v) is 11.1. The van der Waals surface area contributed by atoms with Crippen LogP contribution >= 0.6 is 0 Å². The number of rotatable bonds is 12. The molecule has 3 aromatic carbocycles. The van der Waals surface area contributed by atoms with Crippen molar-refractivity contribution in [3.05, 3.63) is 108 Å². The quantitative estimate of drug-likeness (QED) is 0.219. The molecule has 4 rings (SSSR count). The van der Waals surface area contributed by atoms with Gasteiger partial charge in [-0.2, -0.15) is 0 Å². The van der Waals surface area contributed by atoms with E-state index in [-0.39, 0.29) is 30.6 Å². The van der Waals surface area contributed by atoms with E-state index in [1.165, 1.54) is 6.92 Å². The molecule has 43 heavy (non-hydrogen) atoms. The van der Waals surface area contributed by atoms with Gasteiger partial charge in [-0.3, -0.25) is 9.59 Å². The molecule has 0 unspecified atom stereocenters. The highest BCUT2D eigenvalue weighted by atomic mass is 16.7. The lowest BCUT2D eigenvalue weighted by Crippen LogP contribution is -2.43. The lowest BCUT2D eigenvalue weighted by molar-refractivity contribution is -0.275. The summed E-state index contributed by atoms with van der Waals surface area (Å²) in [5, 5.41) is 12.3. The Kier molecular flexibility index (Phi) is 11.3. The molecule has 5 atom stereocenters. The Labute approximate surface area is 254 Å². The molecule has 2 N–H and O–H groups in total. The molecule has 1 amide bonds. The maximum Gasteiger partial charge on any atom is 0.303 e. The minimum atomic E-state index is -0.845. The SMILES string of the molecule is C=CCN(C)C[C@@H]1O[C@H](c2ccc(-c3cccc(CNC(=O)[C@H](C)OC(C)=O)c3)cc2)O[C@H](c2ccc(CO)cc2)[C@@H]1C. The largest absolute Gasteiger partial charge is 0.453 e. The van der Waals surface area contributed by atoms with Gasteiger partial charge in [0.05, 0.1) is 18.8 Å². The lowest BCUT2D eigenvalue weighted by atomic mass is 9.90. The van der Waals surface area contributed by atoms with Crippen LogP contribution in [0.1, 0.15) is 55.4 Å². The first-order valence-electron chi connectivity index (χ1n) is 14.6. The molecule has 0 bridgehead atoms. The number of amides is 1. The van der Waals surface area contributed by atoms with E-state index in [0.29, 0.717) is 6.54 Å². The standard InChI is InChI=1S/C35H42N2O6/c1-6-18-37(5)21-32-23(2)33(29-12-10-26(22-38)11-13-29)43-35(42-32)30-16-14-28(15-17-30)31-9-7-8-27(19-31)20-36-34(40)24(3)41-25(4)39/h6-17,19,23-24,32-33,35,38H,1,18,20-22H2,2-5H3,(H,36,40)/t23-,24+,32+,33+,35+/m1/s1. The van der Waals surface area contributed by atoms with Gasteiger partial charge < -0.3 is 29.5 Å². The highest BCUT2D eigenvalue weighted by Crippen LogP contribution is 2.42. The molecule has 0 saturated carbocycles. The predicted octanol–water partition coefficient (Wildman–Crippen LogP) is 5.32. The first kappa shape index (κ1) is 32.1. The Morgan fingerprint density at radius 1 is 1.02 bits per heavy atom. The number of ether oxygens (including phenoxy) is 3. The van der Waals surface area contributed by atoms with Crippen molar-refractivity contribution in [3.8, 4) is 11.1 Å². The van der Waals surface area contributed by atoms with Gasteiger partial charge in [0.2, 0.25) is 0 Å². The lowest BCUT2D eigenvalue weighted by Gasteiger charge is -2.42. The maximum absolute atomic E-state index is 12.2. The summed E-state index contributed by atoms with van der Waals surface area (Å²) in [6.45, 7) is 10.7. The molecule has 1 saturated heterocycles. The van der Waals surface area contributed by atoms with E-state index in [9.17, 15) is 14.7 Å². The number of likely N-dealkylation sites (N-methyl/N-ethyl adjacent to an activating group) is 1. The normalized spacial score (nSPS) is 20.8. The maximum atomic E-state index is 12.2. The summed E-state index contributed by atoms with van der Waals surface area (Å²) in [6.07, 6.45) is 0.250. The van der Waals surface area contributed by atoms with Gasteiger partial charge in [0, 0.05) is 38.0 Å². The number of hydrogen-bond donors (Lipinski definition) is 2. The minimum Gasteiger partial charge on any atom is -0.453 e. The highest BCUT2D eigenvalue weighted by Gasteiger charge is 2.38. The first-order valence-corrected chi connectivity index (χ1v) is 14.6. The molecule has 8 heteroatoms. The van der Waals surface area contributed by atoms with E-state index in [1.54, 1.807) is 6.92 Å². The van der Waals surface area contributed by atoms with Crippen LogP contribution in [-0.2, 0) is 37.0 Å². The van der Waals surface area contributed by atoms with Gasteiger partial charge >= 0.3 is 5.97 Å². The zero-order chi connectivity index (χ0) is 30.9. The van der Waals surface area contributed by atoms with Crippen LogP contribution in [0.3, 0.4) is 0 Å². The Balaban J connectivity index is 1.50. The number of nitrogens with one attached hydrogen (secondary N) is 1. The van der Waals surface area contributed by atoms with Crippen molar-refractivity contribution in [3.63, 3.8) is 0 Å². The van der Waals surface area contributed by atoms with E-state index >= 15 is 0 Å². The zero-order valence-electron chi connectivity index (χ0n) is 25.4. The molecule has 228 valence electrons. The molecular weight excluding hydrogens is 544 g/mol. The Bertz CT molecular complexity index is 1370. The van der Waals surface area contributed by atoms with Crippen LogP contribution in [0.5, 0.6) is 0 Å². The van der Waals surface area contributed by atoms with Gasteiger partial charge in [-0.15, -0.1) is 6.58 Å². The highest BCUT2D eigenvalue weighted by molar-refractivity contribution is 5.82. The zero-order valence-corrected chi connectivity index (χ0v) is 25.4. The third-order valence-electron chi connectivity index (χ3n) is 7.68. The van der Waals surface area contributed by atoms with Crippen LogP contribution in [-0.4, -0.2) is 54.2 Å². The van der Waals surface area contributed by atoms with Crippen molar-refractivity contribution in [1.29, 1.82) is 0 Å². The van der Waals surface area contributed by atoms with Crippen LogP contribution in [0.25, 0.3) is 11.1 Å². The predicted molar refractivity (Wildman–Crippen MR) is 166 cm³/mol. The van der Waals surface area contributed by atoms with Crippen molar-refractivity contribution in [2.24, 2.45) is 5.92 Å².